The molecular formula is C21H19FN4O. The maximum Gasteiger partial charge on any atom is 0.255 e. The van der Waals surface area contributed by atoms with Gasteiger partial charge in [-0.1, -0.05) is 36.4 Å². The molecule has 0 saturated carbocycles. The van der Waals surface area contributed by atoms with Crippen LogP contribution in [0.1, 0.15) is 15.9 Å². The van der Waals surface area contributed by atoms with E-state index < -0.39 is 0 Å². The SMILES string of the molecule is Nc1ccccc1NC(=O)c1ccc(CN2N=CC3C(F)=CC=CC32)cc1. The van der Waals surface area contributed by atoms with Crippen LogP contribution in [0.4, 0.5) is 15.8 Å². The van der Waals surface area contributed by atoms with E-state index in [1.807, 2.05) is 35.4 Å². The molecule has 5 nitrogen and oxygen atoms in total. The Labute approximate surface area is 156 Å². The van der Waals surface area contributed by atoms with Gasteiger partial charge in [0.25, 0.3) is 5.91 Å². The molecule has 2 aliphatic rings. The largest absolute Gasteiger partial charge is 0.397 e. The number of rotatable bonds is 4. The number of hydrazone groups is 1. The molecular weight excluding hydrogens is 343 g/mol. The zero-order chi connectivity index (χ0) is 18.8. The van der Waals surface area contributed by atoms with E-state index in [-0.39, 0.29) is 23.7 Å². The van der Waals surface area contributed by atoms with Crippen LogP contribution in [0.3, 0.4) is 0 Å². The number of hydrogen-bond acceptors (Lipinski definition) is 4. The summed E-state index contributed by atoms with van der Waals surface area (Å²) < 4.78 is 13.8. The molecule has 0 radical (unpaired) electrons. The molecule has 4 rings (SSSR count). The Bertz CT molecular complexity index is 949. The van der Waals surface area contributed by atoms with Crippen LogP contribution in [-0.4, -0.2) is 23.2 Å². The van der Waals surface area contributed by atoms with Gasteiger partial charge in [0, 0.05) is 11.8 Å². The standard InChI is InChI=1S/C21H19FN4O/c22-17-4-3-7-20-16(17)12-24-26(20)13-14-8-10-15(11-9-14)21(27)25-19-6-2-1-5-18(19)23/h1-12,16,20H,13,23H2,(H,25,27). The number of allylic oxidation sites excluding steroid dienone is 2. The van der Waals surface area contributed by atoms with Gasteiger partial charge in [-0.25, -0.2) is 4.39 Å². The highest BCUT2D eigenvalue weighted by Crippen LogP contribution is 2.30. The third-order valence-electron chi connectivity index (χ3n) is 4.74. The van der Waals surface area contributed by atoms with E-state index in [1.165, 1.54) is 6.08 Å². The second-order valence-corrected chi connectivity index (χ2v) is 6.55. The van der Waals surface area contributed by atoms with Gasteiger partial charge in [0.1, 0.15) is 5.83 Å². The van der Waals surface area contributed by atoms with Gasteiger partial charge in [-0.15, -0.1) is 0 Å². The average molecular weight is 362 g/mol. The third kappa shape index (κ3) is 3.46. The predicted molar refractivity (Wildman–Crippen MR) is 105 cm³/mol. The van der Waals surface area contributed by atoms with Crippen LogP contribution in [0, 0.1) is 5.92 Å². The second kappa shape index (κ2) is 7.07. The number of para-hydroxylation sites is 2. The molecule has 0 saturated heterocycles. The molecule has 3 N–H and O–H groups in total. The second-order valence-electron chi connectivity index (χ2n) is 6.55. The summed E-state index contributed by atoms with van der Waals surface area (Å²) in [6.07, 6.45) is 6.80. The van der Waals surface area contributed by atoms with Crippen molar-refractivity contribution in [1.82, 2.24) is 5.01 Å². The quantitative estimate of drug-likeness (QED) is 0.814. The van der Waals surface area contributed by atoms with E-state index >= 15 is 0 Å². The van der Waals surface area contributed by atoms with Crippen LogP contribution in [0.25, 0.3) is 0 Å². The number of nitrogens with one attached hydrogen (secondary N) is 1. The molecule has 1 aliphatic carbocycles. The monoisotopic (exact) mass is 362 g/mol. The van der Waals surface area contributed by atoms with Gasteiger partial charge in [-0.05, 0) is 35.9 Å². The summed E-state index contributed by atoms with van der Waals surface area (Å²) in [5.41, 5.74) is 8.49. The number of carbonyl (C=O) groups excluding carboxylic acids is 1. The van der Waals surface area contributed by atoms with Crippen molar-refractivity contribution in [2.45, 2.75) is 12.6 Å². The Morgan fingerprint density at radius 2 is 1.96 bits per heavy atom. The molecule has 0 fully saturated rings. The number of nitrogen functional groups attached to an aromatic ring is 1. The Kier molecular flexibility index (Phi) is 4.46. The van der Waals surface area contributed by atoms with E-state index in [9.17, 15) is 9.18 Å². The lowest BCUT2D eigenvalue weighted by atomic mass is 9.95. The van der Waals surface area contributed by atoms with E-state index in [0.717, 1.165) is 5.56 Å². The zero-order valence-corrected chi connectivity index (χ0v) is 14.5. The van der Waals surface area contributed by atoms with E-state index in [1.54, 1.807) is 36.6 Å². The van der Waals surface area contributed by atoms with E-state index in [0.29, 0.717) is 23.5 Å². The van der Waals surface area contributed by atoms with Gasteiger partial charge in [-0.2, -0.15) is 5.10 Å². The maximum absolute atomic E-state index is 13.8. The molecule has 1 amide bonds. The van der Waals surface area contributed by atoms with Gasteiger partial charge < -0.3 is 11.1 Å². The van der Waals surface area contributed by atoms with Crippen molar-refractivity contribution in [2.75, 3.05) is 11.1 Å². The fourth-order valence-electron chi connectivity index (χ4n) is 3.23. The first kappa shape index (κ1) is 17.0. The summed E-state index contributed by atoms with van der Waals surface area (Å²) in [7, 11) is 0. The van der Waals surface area contributed by atoms with Crippen LogP contribution in [0.15, 0.2) is 77.7 Å². The summed E-state index contributed by atoms with van der Waals surface area (Å²) >= 11 is 0. The third-order valence-corrected chi connectivity index (χ3v) is 4.74. The van der Waals surface area contributed by atoms with Crippen LogP contribution in [-0.2, 0) is 6.54 Å². The summed E-state index contributed by atoms with van der Waals surface area (Å²) in [5, 5.41) is 8.99. The number of hydrogen-bond donors (Lipinski definition) is 2. The number of anilines is 2. The van der Waals surface area contributed by atoms with Crippen LogP contribution in [0.5, 0.6) is 0 Å². The van der Waals surface area contributed by atoms with Crippen molar-refractivity contribution in [2.24, 2.45) is 11.0 Å². The Morgan fingerprint density at radius 1 is 1.19 bits per heavy atom. The molecule has 6 heteroatoms. The van der Waals surface area contributed by atoms with Gasteiger partial charge in [-0.3, -0.25) is 9.80 Å². The fraction of sp³-hybridized carbons (Fsp3) is 0.143. The molecule has 0 spiro atoms. The minimum Gasteiger partial charge on any atom is -0.397 e. The topological polar surface area (TPSA) is 70.7 Å². The summed E-state index contributed by atoms with van der Waals surface area (Å²) in [4.78, 5) is 12.4. The minimum atomic E-state index is -0.309. The van der Waals surface area contributed by atoms with Crippen molar-refractivity contribution < 1.29 is 9.18 Å². The molecule has 2 unspecified atom stereocenters. The number of nitrogens with two attached hydrogens (primary N) is 1. The highest BCUT2D eigenvalue weighted by atomic mass is 19.1. The average Bonchev–Trinajstić information content (AvgIpc) is 3.08. The molecule has 0 bridgehead atoms. The number of halogens is 1. The van der Waals surface area contributed by atoms with E-state index in [4.69, 9.17) is 5.73 Å². The smallest absolute Gasteiger partial charge is 0.255 e. The molecule has 2 aromatic carbocycles. The predicted octanol–water partition coefficient (Wildman–Crippen LogP) is 3.73. The maximum atomic E-state index is 13.8. The van der Waals surface area contributed by atoms with Crippen molar-refractivity contribution in [3.8, 4) is 0 Å². The normalized spacial score (nSPS) is 20.3. The molecule has 0 aromatic heterocycles. The van der Waals surface area contributed by atoms with Gasteiger partial charge in [0.15, 0.2) is 0 Å². The molecule has 2 aromatic rings. The van der Waals surface area contributed by atoms with Crippen molar-refractivity contribution >= 4 is 23.5 Å². The summed E-state index contributed by atoms with van der Waals surface area (Å²) in [5.74, 6) is -0.696. The number of fused-ring (bicyclic) bond motifs is 1. The molecule has 27 heavy (non-hydrogen) atoms. The lowest BCUT2D eigenvalue weighted by molar-refractivity contribution is 0.102. The summed E-state index contributed by atoms with van der Waals surface area (Å²) in [6, 6.07) is 14.3. The molecule has 1 heterocycles. The van der Waals surface area contributed by atoms with Crippen molar-refractivity contribution in [3.63, 3.8) is 0 Å². The van der Waals surface area contributed by atoms with Crippen molar-refractivity contribution in [1.29, 1.82) is 0 Å². The Morgan fingerprint density at radius 3 is 2.74 bits per heavy atom. The molecule has 1 aliphatic heterocycles. The first-order valence-corrected chi connectivity index (χ1v) is 8.71. The lowest BCUT2D eigenvalue weighted by Gasteiger charge is -2.26. The minimum absolute atomic E-state index is 0.0981. The molecule has 2 atom stereocenters. The van der Waals surface area contributed by atoms with Crippen LogP contribution in [0.2, 0.25) is 0 Å². The zero-order valence-electron chi connectivity index (χ0n) is 14.5. The molecule has 136 valence electrons. The van der Waals surface area contributed by atoms with Gasteiger partial charge in [0.05, 0.1) is 29.9 Å². The number of carbonyl (C=O) groups is 1. The van der Waals surface area contributed by atoms with Crippen LogP contribution < -0.4 is 11.1 Å². The fourth-order valence-corrected chi connectivity index (χ4v) is 3.23. The highest BCUT2D eigenvalue weighted by Gasteiger charge is 2.33. The number of benzene rings is 2. The number of amides is 1. The van der Waals surface area contributed by atoms with Crippen molar-refractivity contribution in [3.05, 3.63) is 83.7 Å². The van der Waals surface area contributed by atoms with Gasteiger partial charge in [0.2, 0.25) is 0 Å². The Hall–Kier alpha value is -3.41. The number of nitrogens with zero attached hydrogens (tertiary/aromatic N) is 2. The lowest BCUT2D eigenvalue weighted by Crippen LogP contribution is -2.31. The Balaban J connectivity index is 1.42. The first-order valence-electron chi connectivity index (χ1n) is 8.71. The van der Waals surface area contributed by atoms with E-state index in [2.05, 4.69) is 10.4 Å². The van der Waals surface area contributed by atoms with Gasteiger partial charge >= 0.3 is 0 Å². The summed E-state index contributed by atoms with van der Waals surface area (Å²) in [6.45, 7) is 0.544. The highest BCUT2D eigenvalue weighted by molar-refractivity contribution is 6.05. The first-order chi connectivity index (χ1) is 13.1. The van der Waals surface area contributed by atoms with Crippen LogP contribution >= 0.6 is 0 Å².